The van der Waals surface area contributed by atoms with Crippen LogP contribution in [0.4, 0.5) is 0 Å². The van der Waals surface area contributed by atoms with E-state index in [4.69, 9.17) is 4.74 Å². The molecule has 1 unspecified atom stereocenters. The summed E-state index contributed by atoms with van der Waals surface area (Å²) in [5.74, 6) is -1.05. The molecule has 1 N–H and O–H groups in total. The van der Waals surface area contributed by atoms with Gasteiger partial charge < -0.3 is 19.9 Å². The van der Waals surface area contributed by atoms with Gasteiger partial charge in [0.1, 0.15) is 12.1 Å². The Hall–Kier alpha value is -2.38. The maximum Gasteiger partial charge on any atom is 0.333 e. The van der Waals surface area contributed by atoms with Crippen LogP contribution in [0.15, 0.2) is 11.6 Å². The van der Waals surface area contributed by atoms with E-state index in [1.165, 1.54) is 6.92 Å². The van der Waals surface area contributed by atoms with E-state index in [1.54, 1.807) is 36.8 Å². The number of carbonyl (C=O) groups excluding carboxylic acids is 4. The molecule has 0 aromatic heterocycles. The van der Waals surface area contributed by atoms with E-state index in [-0.39, 0.29) is 36.3 Å². The fraction of sp³-hybridized carbons (Fsp3) is 0.760. The lowest BCUT2D eigenvalue weighted by Crippen LogP contribution is -2.60. The first-order valence-corrected chi connectivity index (χ1v) is 11.9. The second-order valence-electron chi connectivity index (χ2n) is 10.3. The Balaban J connectivity index is 3.16. The van der Waals surface area contributed by atoms with Gasteiger partial charge in [-0.05, 0) is 44.4 Å². The third-order valence-electron chi connectivity index (χ3n) is 6.11. The second-order valence-corrected chi connectivity index (χ2v) is 10.3. The smallest absolute Gasteiger partial charge is 0.333 e. The molecule has 0 aliphatic carbocycles. The lowest BCUT2D eigenvalue weighted by atomic mass is 9.84. The molecule has 188 valence electrons. The first-order chi connectivity index (χ1) is 15.2. The highest BCUT2D eigenvalue weighted by Crippen LogP contribution is 2.25. The largest absolute Gasteiger partial charge is 0.463 e. The van der Waals surface area contributed by atoms with Crippen molar-refractivity contribution >= 4 is 23.7 Å². The van der Waals surface area contributed by atoms with Gasteiger partial charge in [-0.25, -0.2) is 4.79 Å². The topological polar surface area (TPSA) is 96.0 Å². The quantitative estimate of drug-likeness (QED) is 0.439. The van der Waals surface area contributed by atoms with Crippen molar-refractivity contribution in [2.75, 3.05) is 20.2 Å². The molecule has 0 spiro atoms. The fourth-order valence-corrected chi connectivity index (χ4v) is 4.14. The third-order valence-corrected chi connectivity index (χ3v) is 6.11. The van der Waals surface area contributed by atoms with Crippen molar-refractivity contribution in [2.24, 2.45) is 11.3 Å². The van der Waals surface area contributed by atoms with Gasteiger partial charge in [-0.1, -0.05) is 40.7 Å². The van der Waals surface area contributed by atoms with Gasteiger partial charge in [0.05, 0.1) is 12.6 Å². The van der Waals surface area contributed by atoms with Crippen molar-refractivity contribution in [3.05, 3.63) is 11.6 Å². The van der Waals surface area contributed by atoms with Crippen LogP contribution in [0.3, 0.4) is 0 Å². The summed E-state index contributed by atoms with van der Waals surface area (Å²) in [6, 6.07) is -1.71. The average Bonchev–Trinajstić information content (AvgIpc) is 2.73. The monoisotopic (exact) mass is 465 g/mol. The van der Waals surface area contributed by atoms with Gasteiger partial charge in [-0.15, -0.1) is 0 Å². The van der Waals surface area contributed by atoms with Gasteiger partial charge >= 0.3 is 5.97 Å². The van der Waals surface area contributed by atoms with Crippen molar-refractivity contribution in [1.29, 1.82) is 0 Å². The van der Waals surface area contributed by atoms with Crippen molar-refractivity contribution in [3.63, 3.8) is 0 Å². The zero-order valence-electron chi connectivity index (χ0n) is 21.9. The minimum absolute atomic E-state index is 0.0335. The summed E-state index contributed by atoms with van der Waals surface area (Å²) in [7, 11) is 1.69. The molecule has 8 heteroatoms. The standard InChI is InChI=1S/C25H43N3O5/c1-10-33-24(32)17(4)15-20(16(2)3)27(9)23(31)21(25(6,7)8)26-22(30)19-13-11-12-14-28(19)18(5)29/h15-16,19-21H,10-14H2,1-9H3,(H,26,30)/b17-15+/t19?,20-,21-/m1/s1. The van der Waals surface area contributed by atoms with Gasteiger partial charge in [-0.2, -0.15) is 0 Å². The number of nitrogens with one attached hydrogen (secondary N) is 1. The molecule has 8 nitrogen and oxygen atoms in total. The molecular formula is C25H43N3O5. The van der Waals surface area contributed by atoms with Crippen LogP contribution in [0.2, 0.25) is 0 Å². The molecule has 0 aromatic rings. The molecule has 0 aromatic carbocycles. The number of ether oxygens (including phenoxy) is 1. The van der Waals surface area contributed by atoms with E-state index in [1.807, 2.05) is 34.6 Å². The number of amides is 3. The van der Waals surface area contributed by atoms with E-state index < -0.39 is 23.5 Å². The zero-order valence-corrected chi connectivity index (χ0v) is 21.9. The number of rotatable bonds is 8. The Morgan fingerprint density at radius 3 is 2.24 bits per heavy atom. The molecule has 0 bridgehead atoms. The average molecular weight is 466 g/mol. The van der Waals surface area contributed by atoms with E-state index in [2.05, 4.69) is 5.32 Å². The maximum atomic E-state index is 13.6. The number of hydrogen-bond donors (Lipinski definition) is 1. The van der Waals surface area contributed by atoms with Crippen LogP contribution in [-0.2, 0) is 23.9 Å². The highest BCUT2D eigenvalue weighted by Gasteiger charge is 2.39. The molecule has 0 saturated carbocycles. The minimum Gasteiger partial charge on any atom is -0.463 e. The van der Waals surface area contributed by atoms with E-state index in [0.29, 0.717) is 18.5 Å². The summed E-state index contributed by atoms with van der Waals surface area (Å²) >= 11 is 0. The first-order valence-electron chi connectivity index (χ1n) is 11.9. The highest BCUT2D eigenvalue weighted by molar-refractivity contribution is 5.92. The molecule has 0 radical (unpaired) electrons. The number of esters is 1. The first kappa shape index (κ1) is 28.7. The molecule has 1 rings (SSSR count). The predicted molar refractivity (Wildman–Crippen MR) is 128 cm³/mol. The number of nitrogens with zero attached hydrogens (tertiary/aromatic N) is 2. The van der Waals surface area contributed by atoms with Gasteiger partial charge in [0.15, 0.2) is 0 Å². The van der Waals surface area contributed by atoms with Crippen LogP contribution >= 0.6 is 0 Å². The number of likely N-dealkylation sites (N-methyl/N-ethyl adjacent to an activating group) is 1. The Morgan fingerprint density at radius 2 is 1.76 bits per heavy atom. The molecular weight excluding hydrogens is 422 g/mol. The van der Waals surface area contributed by atoms with Gasteiger partial charge in [0, 0.05) is 26.1 Å². The van der Waals surface area contributed by atoms with Gasteiger partial charge in [0.25, 0.3) is 0 Å². The Morgan fingerprint density at radius 1 is 1.15 bits per heavy atom. The van der Waals surface area contributed by atoms with Crippen molar-refractivity contribution in [2.45, 2.75) is 92.8 Å². The molecule has 1 aliphatic heterocycles. The zero-order chi connectivity index (χ0) is 25.5. The van der Waals surface area contributed by atoms with E-state index >= 15 is 0 Å². The minimum atomic E-state index is -0.789. The third kappa shape index (κ3) is 7.86. The number of piperidine rings is 1. The number of likely N-dealkylation sites (tertiary alicyclic amines) is 1. The SMILES string of the molecule is CCOC(=O)/C(C)=C/[C@H](C(C)C)N(C)C(=O)[C@@H](NC(=O)C1CCCCN1C(C)=O)C(C)(C)C. The predicted octanol–water partition coefficient (Wildman–Crippen LogP) is 2.91. The Labute approximate surface area is 199 Å². The summed E-state index contributed by atoms with van der Waals surface area (Å²) in [5.41, 5.74) is -0.121. The van der Waals surface area contributed by atoms with E-state index in [0.717, 1.165) is 12.8 Å². The van der Waals surface area contributed by atoms with Crippen molar-refractivity contribution in [1.82, 2.24) is 15.1 Å². The normalized spacial score (nSPS) is 19.0. The van der Waals surface area contributed by atoms with Crippen LogP contribution in [0.1, 0.15) is 74.7 Å². The summed E-state index contributed by atoms with van der Waals surface area (Å²) in [5, 5.41) is 2.95. The number of carbonyl (C=O) groups is 4. The molecule has 1 saturated heterocycles. The summed E-state index contributed by atoms with van der Waals surface area (Å²) in [6.45, 7) is 15.4. The Kier molecular flexibility index (Phi) is 10.6. The number of hydrogen-bond acceptors (Lipinski definition) is 5. The van der Waals surface area contributed by atoms with Gasteiger partial charge in [-0.3, -0.25) is 14.4 Å². The van der Waals surface area contributed by atoms with Crippen LogP contribution < -0.4 is 5.32 Å². The van der Waals surface area contributed by atoms with Crippen LogP contribution in [-0.4, -0.2) is 71.8 Å². The lowest BCUT2D eigenvalue weighted by Gasteiger charge is -2.39. The molecule has 3 amide bonds. The maximum absolute atomic E-state index is 13.6. The van der Waals surface area contributed by atoms with Crippen LogP contribution in [0.25, 0.3) is 0 Å². The lowest BCUT2D eigenvalue weighted by molar-refractivity contribution is -0.145. The summed E-state index contributed by atoms with van der Waals surface area (Å²) in [4.78, 5) is 54.1. The van der Waals surface area contributed by atoms with Crippen LogP contribution in [0, 0.1) is 11.3 Å². The summed E-state index contributed by atoms with van der Waals surface area (Å²) < 4.78 is 5.08. The molecule has 1 fully saturated rings. The van der Waals surface area contributed by atoms with Gasteiger partial charge in [0.2, 0.25) is 17.7 Å². The van der Waals surface area contributed by atoms with Crippen molar-refractivity contribution < 1.29 is 23.9 Å². The fourth-order valence-electron chi connectivity index (χ4n) is 4.14. The molecule has 1 aliphatic rings. The van der Waals surface area contributed by atoms with E-state index in [9.17, 15) is 19.2 Å². The second kappa shape index (κ2) is 12.2. The summed E-state index contributed by atoms with van der Waals surface area (Å²) in [6.07, 6.45) is 4.07. The molecule has 3 atom stereocenters. The highest BCUT2D eigenvalue weighted by atomic mass is 16.5. The van der Waals surface area contributed by atoms with Crippen LogP contribution in [0.5, 0.6) is 0 Å². The van der Waals surface area contributed by atoms with Crippen molar-refractivity contribution in [3.8, 4) is 0 Å². The molecule has 1 heterocycles. The Bertz CT molecular complexity index is 754. The molecule has 33 heavy (non-hydrogen) atoms.